The molecule has 128 valence electrons. The lowest BCUT2D eigenvalue weighted by atomic mass is 10.1. The van der Waals surface area contributed by atoms with E-state index in [9.17, 15) is 19.7 Å². The van der Waals surface area contributed by atoms with Crippen LogP contribution in [0.15, 0.2) is 42.5 Å². The minimum Gasteiger partial charge on any atom is -0.352 e. The highest BCUT2D eigenvalue weighted by Gasteiger charge is 2.27. The fourth-order valence-electron chi connectivity index (χ4n) is 2.84. The first-order valence-electron chi connectivity index (χ1n) is 7.88. The fourth-order valence-corrected chi connectivity index (χ4v) is 2.84. The van der Waals surface area contributed by atoms with Crippen LogP contribution in [0.25, 0.3) is 0 Å². The molecule has 7 nitrogen and oxygen atoms in total. The molecule has 0 spiro atoms. The summed E-state index contributed by atoms with van der Waals surface area (Å²) in [7, 11) is 0. The van der Waals surface area contributed by atoms with Crippen LogP contribution < -0.4 is 10.2 Å². The number of nitrogens with one attached hydrogen (secondary N) is 1. The number of benzene rings is 2. The van der Waals surface area contributed by atoms with Gasteiger partial charge in [-0.15, -0.1) is 0 Å². The first-order chi connectivity index (χ1) is 12.0. The third-order valence-electron chi connectivity index (χ3n) is 4.16. The smallest absolute Gasteiger partial charge is 0.271 e. The predicted molar refractivity (Wildman–Crippen MR) is 92.4 cm³/mol. The van der Waals surface area contributed by atoms with E-state index in [2.05, 4.69) is 5.32 Å². The van der Waals surface area contributed by atoms with Crippen LogP contribution in [0.5, 0.6) is 0 Å². The van der Waals surface area contributed by atoms with Crippen molar-refractivity contribution in [1.82, 2.24) is 5.32 Å². The zero-order valence-electron chi connectivity index (χ0n) is 13.7. The third-order valence-corrected chi connectivity index (χ3v) is 4.16. The van der Waals surface area contributed by atoms with Gasteiger partial charge in [0.15, 0.2) is 0 Å². The van der Waals surface area contributed by atoms with Crippen LogP contribution in [0.3, 0.4) is 0 Å². The molecule has 2 aromatic carbocycles. The Morgan fingerprint density at radius 2 is 1.92 bits per heavy atom. The third kappa shape index (κ3) is 3.50. The maximum Gasteiger partial charge on any atom is 0.271 e. The molecule has 1 aliphatic rings. The number of fused-ring (bicyclic) bond motifs is 1. The summed E-state index contributed by atoms with van der Waals surface area (Å²) in [4.78, 5) is 35.8. The normalized spacial score (nSPS) is 12.6. The van der Waals surface area contributed by atoms with Gasteiger partial charge in [0.2, 0.25) is 5.91 Å². The van der Waals surface area contributed by atoms with Gasteiger partial charge in [0.05, 0.1) is 10.6 Å². The van der Waals surface area contributed by atoms with Crippen molar-refractivity contribution in [3.8, 4) is 0 Å². The molecule has 1 N–H and O–H groups in total. The zero-order chi connectivity index (χ0) is 18.0. The maximum absolute atomic E-state index is 12.8. The van der Waals surface area contributed by atoms with E-state index in [0.29, 0.717) is 30.8 Å². The number of amides is 2. The quantitative estimate of drug-likeness (QED) is 0.684. The van der Waals surface area contributed by atoms with Crippen LogP contribution in [0.4, 0.5) is 11.4 Å². The van der Waals surface area contributed by atoms with Crippen LogP contribution in [-0.2, 0) is 17.8 Å². The minimum absolute atomic E-state index is 0.0240. The lowest BCUT2D eigenvalue weighted by Gasteiger charge is -2.17. The van der Waals surface area contributed by atoms with Crippen molar-refractivity contribution in [1.29, 1.82) is 0 Å². The van der Waals surface area contributed by atoms with Crippen LogP contribution in [0.1, 0.15) is 28.4 Å². The van der Waals surface area contributed by atoms with E-state index in [1.165, 1.54) is 19.1 Å². The monoisotopic (exact) mass is 339 g/mol. The summed E-state index contributed by atoms with van der Waals surface area (Å²) in [6.45, 7) is 2.35. The van der Waals surface area contributed by atoms with E-state index >= 15 is 0 Å². The molecule has 0 saturated heterocycles. The van der Waals surface area contributed by atoms with E-state index in [0.717, 1.165) is 11.1 Å². The molecule has 3 rings (SSSR count). The number of nitro groups is 1. The van der Waals surface area contributed by atoms with E-state index in [1.54, 1.807) is 35.2 Å². The number of hydrogen-bond acceptors (Lipinski definition) is 4. The molecule has 25 heavy (non-hydrogen) atoms. The van der Waals surface area contributed by atoms with Gasteiger partial charge >= 0.3 is 0 Å². The van der Waals surface area contributed by atoms with E-state index in [-0.39, 0.29) is 17.5 Å². The molecule has 0 saturated carbocycles. The molecule has 1 heterocycles. The lowest BCUT2D eigenvalue weighted by Crippen LogP contribution is -2.29. The molecule has 0 bridgehead atoms. The highest BCUT2D eigenvalue weighted by atomic mass is 16.6. The van der Waals surface area contributed by atoms with Gasteiger partial charge in [-0.25, -0.2) is 0 Å². The van der Waals surface area contributed by atoms with Gasteiger partial charge in [-0.3, -0.25) is 19.7 Å². The summed E-state index contributed by atoms with van der Waals surface area (Å²) >= 11 is 0. The standard InChI is InChI=1S/C18H17N3O4/c1-12(22)19-11-13-2-4-15(5-3-13)18(23)20-9-8-14-6-7-16(21(24)25)10-17(14)20/h2-7,10H,8-9,11H2,1H3,(H,19,22). The molecule has 2 aromatic rings. The Balaban J connectivity index is 1.80. The maximum atomic E-state index is 12.8. The second-order valence-corrected chi connectivity index (χ2v) is 5.88. The summed E-state index contributed by atoms with van der Waals surface area (Å²) in [6, 6.07) is 11.6. The first kappa shape index (κ1) is 16.6. The van der Waals surface area contributed by atoms with Crippen LogP contribution in [-0.4, -0.2) is 23.3 Å². The molecule has 0 atom stereocenters. The van der Waals surface area contributed by atoms with Gasteiger partial charge < -0.3 is 10.2 Å². The largest absolute Gasteiger partial charge is 0.352 e. The Bertz CT molecular complexity index is 846. The molecule has 0 aliphatic carbocycles. The van der Waals surface area contributed by atoms with Gasteiger partial charge in [0.1, 0.15) is 0 Å². The predicted octanol–water partition coefficient (Wildman–Crippen LogP) is 2.43. The van der Waals surface area contributed by atoms with Crippen molar-refractivity contribution < 1.29 is 14.5 Å². The Morgan fingerprint density at radius 3 is 2.56 bits per heavy atom. The Labute approximate surface area is 144 Å². The molecular formula is C18H17N3O4. The molecule has 0 unspecified atom stereocenters. The molecule has 0 aromatic heterocycles. The van der Waals surface area contributed by atoms with Crippen molar-refractivity contribution in [2.24, 2.45) is 0 Å². The van der Waals surface area contributed by atoms with E-state index in [4.69, 9.17) is 0 Å². The van der Waals surface area contributed by atoms with Gasteiger partial charge in [-0.2, -0.15) is 0 Å². The average Bonchev–Trinajstić information content (AvgIpc) is 3.02. The zero-order valence-corrected chi connectivity index (χ0v) is 13.7. The molecule has 0 fully saturated rings. The van der Waals surface area contributed by atoms with Crippen LogP contribution in [0.2, 0.25) is 0 Å². The van der Waals surface area contributed by atoms with Crippen molar-refractivity contribution in [2.75, 3.05) is 11.4 Å². The number of rotatable bonds is 4. The molecule has 2 amide bonds. The summed E-state index contributed by atoms with van der Waals surface area (Å²) < 4.78 is 0. The second kappa shape index (κ2) is 6.72. The van der Waals surface area contributed by atoms with Gasteiger partial charge in [-0.05, 0) is 29.7 Å². The number of anilines is 1. The minimum atomic E-state index is -0.460. The van der Waals surface area contributed by atoms with Gasteiger partial charge in [0.25, 0.3) is 11.6 Å². The van der Waals surface area contributed by atoms with Crippen molar-refractivity contribution in [3.63, 3.8) is 0 Å². The van der Waals surface area contributed by atoms with Crippen molar-refractivity contribution >= 4 is 23.2 Å². The summed E-state index contributed by atoms with van der Waals surface area (Å²) in [5.41, 5.74) is 2.90. The van der Waals surface area contributed by atoms with Crippen LogP contribution in [0, 0.1) is 10.1 Å². The van der Waals surface area contributed by atoms with Crippen molar-refractivity contribution in [3.05, 3.63) is 69.3 Å². The highest BCUT2D eigenvalue weighted by Crippen LogP contribution is 2.32. The van der Waals surface area contributed by atoms with E-state index in [1.807, 2.05) is 0 Å². The number of hydrogen-bond donors (Lipinski definition) is 1. The first-order valence-corrected chi connectivity index (χ1v) is 7.88. The Kier molecular flexibility index (Phi) is 4.47. The van der Waals surface area contributed by atoms with Crippen molar-refractivity contribution in [2.45, 2.75) is 19.9 Å². The Hall–Kier alpha value is -3.22. The topological polar surface area (TPSA) is 92.6 Å². The average molecular weight is 339 g/mol. The fraction of sp³-hybridized carbons (Fsp3) is 0.222. The van der Waals surface area contributed by atoms with Crippen LogP contribution >= 0.6 is 0 Å². The van der Waals surface area contributed by atoms with Gasteiger partial charge in [0, 0.05) is 37.7 Å². The number of nitrogens with zero attached hydrogens (tertiary/aromatic N) is 2. The Morgan fingerprint density at radius 1 is 1.20 bits per heavy atom. The summed E-state index contributed by atoms with van der Waals surface area (Å²) in [6.07, 6.45) is 0.680. The molecular weight excluding hydrogens is 322 g/mol. The summed E-state index contributed by atoms with van der Waals surface area (Å²) in [5, 5.41) is 13.7. The molecule has 1 aliphatic heterocycles. The second-order valence-electron chi connectivity index (χ2n) is 5.88. The lowest BCUT2D eigenvalue weighted by molar-refractivity contribution is -0.384. The highest BCUT2D eigenvalue weighted by molar-refractivity contribution is 6.07. The number of carbonyl (C=O) groups excluding carboxylic acids is 2. The number of carbonyl (C=O) groups is 2. The van der Waals surface area contributed by atoms with Gasteiger partial charge in [-0.1, -0.05) is 18.2 Å². The summed E-state index contributed by atoms with van der Waals surface area (Å²) in [5.74, 6) is -0.305. The SMILES string of the molecule is CC(=O)NCc1ccc(C(=O)N2CCc3ccc([N+](=O)[O-])cc32)cc1. The van der Waals surface area contributed by atoms with E-state index < -0.39 is 4.92 Å². The molecule has 7 heteroatoms. The number of nitro benzene ring substituents is 1. The number of non-ortho nitro benzene ring substituents is 1. The molecule has 0 radical (unpaired) electrons.